The van der Waals surface area contributed by atoms with Gasteiger partial charge in [-0.2, -0.15) is 23.4 Å². The van der Waals surface area contributed by atoms with Crippen LogP contribution in [-0.2, 0) is 0 Å². The smallest absolute Gasteiger partial charge is 0.422 e. The fourth-order valence-corrected chi connectivity index (χ4v) is 3.54. The van der Waals surface area contributed by atoms with E-state index in [4.69, 9.17) is 4.74 Å². The van der Waals surface area contributed by atoms with Gasteiger partial charge in [0.2, 0.25) is 0 Å². The third-order valence-electron chi connectivity index (χ3n) is 5.12. The number of aliphatic imine (C=N–C) groups is 1. The van der Waals surface area contributed by atoms with Gasteiger partial charge in [-0.3, -0.25) is 4.99 Å². The Bertz CT molecular complexity index is 1050. The zero-order valence-corrected chi connectivity index (χ0v) is 15.3. The molecule has 150 valence electrons. The Morgan fingerprint density at radius 3 is 2.72 bits per heavy atom. The van der Waals surface area contributed by atoms with E-state index < -0.39 is 24.1 Å². The summed E-state index contributed by atoms with van der Waals surface area (Å²) in [5.41, 5.74) is -2.13. The van der Waals surface area contributed by atoms with E-state index in [-0.39, 0.29) is 5.69 Å². The molecule has 3 aromatic rings. The van der Waals surface area contributed by atoms with E-state index in [1.165, 1.54) is 12.4 Å². The number of rotatable bonds is 4. The van der Waals surface area contributed by atoms with Crippen molar-refractivity contribution >= 4 is 22.7 Å². The van der Waals surface area contributed by atoms with Crippen molar-refractivity contribution in [2.24, 2.45) is 4.99 Å². The number of nitrogens with zero attached hydrogens (tertiary/aromatic N) is 3. The van der Waals surface area contributed by atoms with Crippen molar-refractivity contribution in [2.75, 3.05) is 6.61 Å². The van der Waals surface area contributed by atoms with E-state index >= 15 is 0 Å². The van der Waals surface area contributed by atoms with Gasteiger partial charge in [0.25, 0.3) is 0 Å². The molecule has 2 unspecified atom stereocenters. The molecule has 1 aliphatic heterocycles. The molecule has 2 aromatic carbocycles. The largest absolute Gasteiger partial charge is 0.493 e. The molecule has 0 saturated carbocycles. The highest BCUT2D eigenvalue weighted by Crippen LogP contribution is 2.43. The van der Waals surface area contributed by atoms with Gasteiger partial charge in [-0.15, -0.1) is 0 Å². The lowest BCUT2D eigenvalue weighted by molar-refractivity contribution is -0.232. The molecule has 2 heterocycles. The highest BCUT2D eigenvalue weighted by molar-refractivity contribution is 5.93. The summed E-state index contributed by atoms with van der Waals surface area (Å²) in [6.45, 7) is 0.300. The molecule has 1 aliphatic rings. The van der Waals surface area contributed by atoms with Crippen LogP contribution in [0.25, 0.3) is 10.8 Å². The number of ether oxygens (including phenoxy) is 1. The zero-order chi connectivity index (χ0) is 20.5. The van der Waals surface area contributed by atoms with Crippen molar-refractivity contribution in [3.05, 3.63) is 60.4 Å². The Morgan fingerprint density at radius 1 is 1.10 bits per heavy atom. The van der Waals surface area contributed by atoms with Crippen molar-refractivity contribution in [3.63, 3.8) is 0 Å². The molecular formula is C21H18F3N3O2. The maximum atomic E-state index is 13.9. The maximum Gasteiger partial charge on any atom is 0.422 e. The highest BCUT2D eigenvalue weighted by Gasteiger charge is 2.54. The SMILES string of the molecule is OC(/C=N\c1cccc2cnncc12)(CC1CCOc2ccccc21)C(F)(F)F. The van der Waals surface area contributed by atoms with Gasteiger partial charge in [-0.1, -0.05) is 30.3 Å². The zero-order valence-electron chi connectivity index (χ0n) is 15.3. The fourth-order valence-electron chi connectivity index (χ4n) is 3.54. The van der Waals surface area contributed by atoms with Crippen LogP contribution in [0.1, 0.15) is 24.3 Å². The van der Waals surface area contributed by atoms with Gasteiger partial charge >= 0.3 is 6.18 Å². The van der Waals surface area contributed by atoms with Crippen molar-refractivity contribution in [1.29, 1.82) is 0 Å². The van der Waals surface area contributed by atoms with Crippen LogP contribution in [0.3, 0.4) is 0 Å². The average molecular weight is 401 g/mol. The third-order valence-corrected chi connectivity index (χ3v) is 5.12. The molecule has 0 aliphatic carbocycles. The number of halogens is 3. The molecule has 29 heavy (non-hydrogen) atoms. The Morgan fingerprint density at radius 2 is 1.90 bits per heavy atom. The quantitative estimate of drug-likeness (QED) is 0.650. The molecule has 0 fully saturated rings. The topological polar surface area (TPSA) is 67.6 Å². The number of aliphatic hydroxyl groups is 1. The highest BCUT2D eigenvalue weighted by atomic mass is 19.4. The first-order valence-corrected chi connectivity index (χ1v) is 9.13. The van der Waals surface area contributed by atoms with Crippen LogP contribution in [-0.4, -0.2) is 39.9 Å². The van der Waals surface area contributed by atoms with E-state index in [1.54, 1.807) is 42.5 Å². The molecular weight excluding hydrogens is 383 g/mol. The number of benzene rings is 2. The lowest BCUT2D eigenvalue weighted by atomic mass is 9.82. The molecule has 0 radical (unpaired) electrons. The minimum atomic E-state index is -4.88. The molecule has 8 heteroatoms. The Labute approximate surface area is 164 Å². The van der Waals surface area contributed by atoms with Crippen LogP contribution in [0.2, 0.25) is 0 Å². The number of alkyl halides is 3. The van der Waals surface area contributed by atoms with Crippen LogP contribution in [0.5, 0.6) is 5.75 Å². The molecule has 0 spiro atoms. The van der Waals surface area contributed by atoms with Gasteiger partial charge < -0.3 is 9.84 Å². The molecule has 2 atom stereocenters. The summed E-state index contributed by atoms with van der Waals surface area (Å²) in [6.07, 6.45) is -1.50. The lowest BCUT2D eigenvalue weighted by Gasteiger charge is -2.33. The Hall–Kier alpha value is -3.00. The first-order valence-electron chi connectivity index (χ1n) is 9.13. The van der Waals surface area contributed by atoms with Gasteiger partial charge in [0.15, 0.2) is 5.60 Å². The summed E-state index contributed by atoms with van der Waals surface area (Å²) < 4.78 is 47.1. The summed E-state index contributed by atoms with van der Waals surface area (Å²) >= 11 is 0. The number of fused-ring (bicyclic) bond motifs is 2. The van der Waals surface area contributed by atoms with E-state index in [0.717, 1.165) is 0 Å². The first-order chi connectivity index (χ1) is 13.9. The summed E-state index contributed by atoms with van der Waals surface area (Å²) in [5.74, 6) is 0.0502. The minimum Gasteiger partial charge on any atom is -0.493 e. The molecule has 0 amide bonds. The number of hydrogen-bond donors (Lipinski definition) is 1. The van der Waals surface area contributed by atoms with E-state index in [9.17, 15) is 18.3 Å². The van der Waals surface area contributed by atoms with Crippen LogP contribution in [0.4, 0.5) is 18.9 Å². The molecule has 1 aromatic heterocycles. The summed E-state index contributed by atoms with van der Waals surface area (Å²) in [5, 5.41) is 19.4. The molecule has 4 rings (SSSR count). The van der Waals surface area contributed by atoms with Crippen LogP contribution in [0, 0.1) is 0 Å². The van der Waals surface area contributed by atoms with Crippen LogP contribution in [0.15, 0.2) is 59.9 Å². The second-order valence-corrected chi connectivity index (χ2v) is 7.03. The standard InChI is InChI=1S/C21H18F3N3O2/c22-21(23,24)20(28,10-14-8-9-29-19-7-2-1-5-16(14)19)13-25-18-6-3-4-15-11-26-27-12-17(15)18/h1-7,11-14,28H,8-10H2/b25-13-. The fraction of sp³-hybridized carbons (Fsp3) is 0.286. The second kappa shape index (κ2) is 7.44. The Balaban J connectivity index is 1.69. The minimum absolute atomic E-state index is 0.285. The summed E-state index contributed by atoms with van der Waals surface area (Å²) in [6, 6.07) is 12.0. The average Bonchev–Trinajstić information content (AvgIpc) is 2.72. The summed E-state index contributed by atoms with van der Waals surface area (Å²) in [4.78, 5) is 4.00. The van der Waals surface area contributed by atoms with Gasteiger partial charge in [-0.25, -0.2) is 0 Å². The second-order valence-electron chi connectivity index (χ2n) is 7.03. The van der Waals surface area contributed by atoms with Gasteiger partial charge in [0, 0.05) is 17.0 Å². The van der Waals surface area contributed by atoms with E-state index in [1.807, 2.05) is 0 Å². The Kier molecular flexibility index (Phi) is 4.96. The first kappa shape index (κ1) is 19.3. The van der Waals surface area contributed by atoms with E-state index in [2.05, 4.69) is 15.2 Å². The molecule has 1 N–H and O–H groups in total. The lowest BCUT2D eigenvalue weighted by Crippen LogP contribution is -2.48. The van der Waals surface area contributed by atoms with Crippen molar-refractivity contribution < 1.29 is 23.0 Å². The van der Waals surface area contributed by atoms with Crippen molar-refractivity contribution in [1.82, 2.24) is 10.2 Å². The third kappa shape index (κ3) is 3.80. The van der Waals surface area contributed by atoms with Crippen LogP contribution >= 0.6 is 0 Å². The molecule has 5 nitrogen and oxygen atoms in total. The monoisotopic (exact) mass is 401 g/mol. The maximum absolute atomic E-state index is 13.9. The van der Waals surface area contributed by atoms with Gasteiger partial charge in [-0.05, 0) is 36.5 Å². The predicted octanol–water partition coefficient (Wildman–Crippen LogP) is 4.58. The normalized spacial score (nSPS) is 19.0. The van der Waals surface area contributed by atoms with Gasteiger partial charge in [0.05, 0.1) is 24.7 Å². The van der Waals surface area contributed by atoms with Crippen molar-refractivity contribution in [2.45, 2.75) is 30.5 Å². The number of aromatic nitrogens is 2. The predicted molar refractivity (Wildman–Crippen MR) is 103 cm³/mol. The van der Waals surface area contributed by atoms with Crippen LogP contribution < -0.4 is 4.74 Å². The van der Waals surface area contributed by atoms with Crippen molar-refractivity contribution in [3.8, 4) is 5.75 Å². The van der Waals surface area contributed by atoms with E-state index in [0.29, 0.717) is 41.3 Å². The number of para-hydroxylation sites is 1. The molecule has 0 saturated heterocycles. The number of hydrogen-bond acceptors (Lipinski definition) is 5. The molecule has 0 bridgehead atoms. The summed E-state index contributed by atoms with van der Waals surface area (Å²) in [7, 11) is 0. The van der Waals surface area contributed by atoms with Gasteiger partial charge in [0.1, 0.15) is 5.75 Å².